The molecule has 13 nitrogen and oxygen atoms in total. The maximum Gasteiger partial charge on any atom is 0.336 e. The van der Waals surface area contributed by atoms with E-state index in [4.69, 9.17) is 9.47 Å². The smallest absolute Gasteiger partial charge is 0.336 e. The van der Waals surface area contributed by atoms with Gasteiger partial charge in [0.25, 0.3) is 0 Å². The fourth-order valence-corrected chi connectivity index (χ4v) is 9.38. The molecule has 0 bridgehead atoms. The van der Waals surface area contributed by atoms with Crippen LogP contribution in [0, 0.1) is 13.8 Å². The van der Waals surface area contributed by atoms with Crippen molar-refractivity contribution < 1.29 is 24.2 Å². The highest BCUT2D eigenvalue weighted by Gasteiger charge is 2.40. The Bertz CT molecular complexity index is 1850. The predicted octanol–water partition coefficient (Wildman–Crippen LogP) is 5.89. The molecule has 0 spiro atoms. The summed E-state index contributed by atoms with van der Waals surface area (Å²) in [5.74, 6) is -0.533. The highest BCUT2D eigenvalue weighted by atomic mass is 16.5. The molecule has 1 aromatic carbocycles. The quantitative estimate of drug-likeness (QED) is 0.155. The lowest BCUT2D eigenvalue weighted by atomic mass is 9.81. The van der Waals surface area contributed by atoms with Crippen LogP contribution in [0.15, 0.2) is 20.4 Å². The van der Waals surface area contributed by atoms with E-state index in [1.807, 2.05) is 33.8 Å². The standard InChI is InChI=1S/C44H71N5O8/c1-28-22-33(40(3,4)5)36(52)29(2)32(28)27-49-38(54)47(20-16-14-18-34(50)56-30-23-41(6,7)45-42(8,9)24-30)37(53)48(39(49)55)21-17-15-19-35(51)57-31-25-43(10,11)46-44(12,13)26-31/h22,30-31,45-46,52H,14-21,23-27H2,1-13H3. The van der Waals surface area contributed by atoms with Gasteiger partial charge >= 0.3 is 29.0 Å². The van der Waals surface area contributed by atoms with E-state index >= 15 is 0 Å². The zero-order valence-corrected chi connectivity index (χ0v) is 37.1. The van der Waals surface area contributed by atoms with Gasteiger partial charge in [0.15, 0.2) is 0 Å². The predicted molar refractivity (Wildman–Crippen MR) is 223 cm³/mol. The molecule has 0 aliphatic carbocycles. The number of benzene rings is 1. The van der Waals surface area contributed by atoms with Crippen molar-refractivity contribution >= 4 is 11.9 Å². The second-order valence-corrected chi connectivity index (χ2v) is 20.4. The molecular weight excluding hydrogens is 727 g/mol. The van der Waals surface area contributed by atoms with Crippen molar-refractivity contribution in [1.82, 2.24) is 24.3 Å². The third kappa shape index (κ3) is 12.2. The minimum Gasteiger partial charge on any atom is -0.507 e. The molecule has 2 saturated heterocycles. The normalized spacial score (nSPS) is 19.3. The number of aromatic hydroxyl groups is 1. The van der Waals surface area contributed by atoms with Crippen LogP contribution in [0.2, 0.25) is 0 Å². The zero-order chi connectivity index (χ0) is 42.9. The van der Waals surface area contributed by atoms with Gasteiger partial charge in [0.1, 0.15) is 18.0 Å². The molecule has 13 heteroatoms. The van der Waals surface area contributed by atoms with E-state index in [1.165, 1.54) is 0 Å². The van der Waals surface area contributed by atoms with E-state index < -0.39 is 17.1 Å². The summed E-state index contributed by atoms with van der Waals surface area (Å²) in [7, 11) is 0. The lowest BCUT2D eigenvalue weighted by molar-refractivity contribution is -0.154. The van der Waals surface area contributed by atoms with Gasteiger partial charge in [-0.3, -0.25) is 9.59 Å². The van der Waals surface area contributed by atoms with Crippen LogP contribution in [-0.2, 0) is 44.1 Å². The van der Waals surface area contributed by atoms with Crippen LogP contribution in [0.5, 0.6) is 5.75 Å². The second-order valence-electron chi connectivity index (χ2n) is 20.4. The average Bonchev–Trinajstić information content (AvgIpc) is 3.01. The molecule has 0 radical (unpaired) electrons. The van der Waals surface area contributed by atoms with Gasteiger partial charge in [-0.05, 0) is 123 Å². The van der Waals surface area contributed by atoms with Crippen LogP contribution in [0.3, 0.4) is 0 Å². The van der Waals surface area contributed by atoms with Crippen LogP contribution in [0.4, 0.5) is 0 Å². The lowest BCUT2D eigenvalue weighted by Gasteiger charge is -2.46. The molecular formula is C44H71N5O8. The van der Waals surface area contributed by atoms with Crippen molar-refractivity contribution in [3.05, 3.63) is 59.8 Å². The monoisotopic (exact) mass is 798 g/mol. The number of carbonyl (C=O) groups excluding carboxylic acids is 2. The molecule has 4 rings (SSSR count). The van der Waals surface area contributed by atoms with Gasteiger partial charge in [0, 0.05) is 73.8 Å². The number of phenols is 1. The first-order valence-electron chi connectivity index (χ1n) is 20.8. The largest absolute Gasteiger partial charge is 0.507 e. The third-order valence-electron chi connectivity index (χ3n) is 11.3. The molecule has 0 atom stereocenters. The van der Waals surface area contributed by atoms with Gasteiger partial charge in [-0.2, -0.15) is 0 Å². The number of unbranched alkanes of at least 4 members (excludes halogenated alkanes) is 2. The number of aryl methyl sites for hydroxylation is 1. The number of nitrogens with one attached hydrogen (secondary N) is 2. The van der Waals surface area contributed by atoms with Gasteiger partial charge in [-0.1, -0.05) is 26.8 Å². The number of hydrogen-bond acceptors (Lipinski definition) is 10. The Labute approximate surface area is 338 Å². The van der Waals surface area contributed by atoms with Crippen molar-refractivity contribution in [3.63, 3.8) is 0 Å². The minimum absolute atomic E-state index is 0.0000811. The van der Waals surface area contributed by atoms with E-state index in [-0.39, 0.29) is 89.9 Å². The molecule has 3 N–H and O–H groups in total. The van der Waals surface area contributed by atoms with Crippen molar-refractivity contribution in [2.75, 3.05) is 0 Å². The number of nitrogens with zero attached hydrogens (tertiary/aromatic N) is 3. The molecule has 2 fully saturated rings. The minimum atomic E-state index is -0.752. The first kappa shape index (κ1) is 46.0. The van der Waals surface area contributed by atoms with Gasteiger partial charge in [0.2, 0.25) is 0 Å². The molecule has 320 valence electrons. The molecule has 57 heavy (non-hydrogen) atoms. The van der Waals surface area contributed by atoms with Gasteiger partial charge < -0.3 is 25.2 Å². The first-order chi connectivity index (χ1) is 26.1. The fourth-order valence-electron chi connectivity index (χ4n) is 9.38. The molecule has 0 unspecified atom stereocenters. The Balaban J connectivity index is 1.52. The highest BCUT2D eigenvalue weighted by molar-refractivity contribution is 5.70. The summed E-state index contributed by atoms with van der Waals surface area (Å²) in [6.45, 7) is 26.3. The first-order valence-corrected chi connectivity index (χ1v) is 20.8. The summed E-state index contributed by atoms with van der Waals surface area (Å²) >= 11 is 0. The Kier molecular flexibility index (Phi) is 13.9. The summed E-state index contributed by atoms with van der Waals surface area (Å²) in [4.78, 5) is 67.7. The highest BCUT2D eigenvalue weighted by Crippen LogP contribution is 2.37. The molecule has 2 aliphatic rings. The molecule has 1 aromatic heterocycles. The van der Waals surface area contributed by atoms with E-state index in [9.17, 15) is 29.1 Å². The maximum absolute atomic E-state index is 14.0. The number of rotatable bonds is 14. The van der Waals surface area contributed by atoms with Crippen molar-refractivity contribution in [2.24, 2.45) is 0 Å². The number of aromatic nitrogens is 3. The Morgan fingerprint density at radius 3 is 1.42 bits per heavy atom. The Morgan fingerprint density at radius 2 is 1.05 bits per heavy atom. The van der Waals surface area contributed by atoms with Gasteiger partial charge in [-0.25, -0.2) is 28.1 Å². The summed E-state index contributed by atoms with van der Waals surface area (Å²) in [6, 6.07) is 1.88. The second kappa shape index (κ2) is 17.3. The number of phenolic OH excluding ortho intramolecular Hbond substituents is 1. The van der Waals surface area contributed by atoms with Crippen molar-refractivity contribution in [3.8, 4) is 5.75 Å². The van der Waals surface area contributed by atoms with E-state index in [0.717, 1.165) is 24.8 Å². The number of carbonyl (C=O) groups is 2. The van der Waals surface area contributed by atoms with Crippen LogP contribution >= 0.6 is 0 Å². The fraction of sp³-hybridized carbons (Fsp3) is 0.750. The number of hydrogen-bond donors (Lipinski definition) is 3. The SMILES string of the molecule is Cc1cc(C(C)(C)C)c(O)c(C)c1Cn1c(=O)n(CCCCC(=O)OC2CC(C)(C)NC(C)(C)C2)c(=O)n(CCCCC(=O)OC2CC(C)(C)NC(C)(C)C2)c1=O. The number of esters is 2. The van der Waals surface area contributed by atoms with E-state index in [1.54, 1.807) is 6.92 Å². The molecule has 2 aliphatic heterocycles. The summed E-state index contributed by atoms with van der Waals surface area (Å²) < 4.78 is 14.9. The van der Waals surface area contributed by atoms with Crippen LogP contribution in [0.25, 0.3) is 0 Å². The number of ether oxygens (including phenoxy) is 2. The molecule has 3 heterocycles. The topological polar surface area (TPSA) is 163 Å². The van der Waals surface area contributed by atoms with Crippen molar-refractivity contribution in [2.45, 2.75) is 214 Å². The Hall–Kier alpha value is -3.71. The third-order valence-corrected chi connectivity index (χ3v) is 11.3. The molecule has 2 aromatic rings. The average molecular weight is 798 g/mol. The van der Waals surface area contributed by atoms with Crippen LogP contribution < -0.4 is 27.7 Å². The summed E-state index contributed by atoms with van der Waals surface area (Å²) in [5, 5.41) is 18.4. The maximum atomic E-state index is 14.0. The van der Waals surface area contributed by atoms with Crippen LogP contribution in [0.1, 0.15) is 163 Å². The molecule has 0 amide bonds. The zero-order valence-electron chi connectivity index (χ0n) is 37.1. The van der Waals surface area contributed by atoms with Crippen molar-refractivity contribution in [1.29, 1.82) is 0 Å². The summed E-state index contributed by atoms with van der Waals surface area (Å²) in [6.07, 6.45) is 4.07. The Morgan fingerprint density at radius 1 is 0.684 bits per heavy atom. The van der Waals surface area contributed by atoms with E-state index in [2.05, 4.69) is 66.0 Å². The molecule has 0 saturated carbocycles. The van der Waals surface area contributed by atoms with Gasteiger partial charge in [0.05, 0.1) is 6.54 Å². The van der Waals surface area contributed by atoms with E-state index in [0.29, 0.717) is 62.5 Å². The number of piperidine rings is 2. The van der Waals surface area contributed by atoms with Gasteiger partial charge in [-0.15, -0.1) is 0 Å². The lowest BCUT2D eigenvalue weighted by Crippen LogP contribution is -2.59. The van der Waals surface area contributed by atoms with Crippen LogP contribution in [-0.4, -0.2) is 65.1 Å². The summed E-state index contributed by atoms with van der Waals surface area (Å²) in [5.41, 5.74) is -0.521.